The van der Waals surface area contributed by atoms with Gasteiger partial charge in [0.25, 0.3) is 0 Å². The van der Waals surface area contributed by atoms with Crippen molar-refractivity contribution in [2.75, 3.05) is 13.2 Å². The third-order valence-corrected chi connectivity index (χ3v) is 5.49. The molecule has 1 N–H and O–H groups in total. The van der Waals surface area contributed by atoms with Crippen molar-refractivity contribution in [1.82, 2.24) is 5.32 Å². The number of carbonyl (C=O) groups is 5. The number of ether oxygens (including phenoxy) is 6. The third-order valence-electron chi connectivity index (χ3n) is 5.25. The summed E-state index contributed by atoms with van der Waals surface area (Å²) < 4.78 is 32.4. The molecule has 13 heteroatoms. The summed E-state index contributed by atoms with van der Waals surface area (Å²) in [5.74, 6) is -2.76. The molecule has 1 saturated heterocycles. The second kappa shape index (κ2) is 14.5. The molecule has 1 aliphatic rings. The SMILES string of the molecule is CC(=O)OC[C@@H]1O[C@H](OC(C)=O)[C@H](NC(=O)CCCOc2ccc(Cl)cc2C)[C@H](OC(C)=O)[C@@H]1OC(C)=O. The van der Waals surface area contributed by atoms with Crippen LogP contribution in [0.3, 0.4) is 0 Å². The van der Waals surface area contributed by atoms with Gasteiger partial charge in [-0.3, -0.25) is 24.0 Å². The highest BCUT2D eigenvalue weighted by molar-refractivity contribution is 6.30. The van der Waals surface area contributed by atoms with E-state index in [1.807, 2.05) is 6.92 Å². The van der Waals surface area contributed by atoms with Gasteiger partial charge < -0.3 is 33.7 Å². The lowest BCUT2D eigenvalue weighted by molar-refractivity contribution is -0.271. The van der Waals surface area contributed by atoms with Crippen molar-refractivity contribution in [3.05, 3.63) is 28.8 Å². The summed E-state index contributed by atoms with van der Waals surface area (Å²) in [5.41, 5.74) is 0.842. The molecular formula is C25H32ClNO11. The highest BCUT2D eigenvalue weighted by Crippen LogP contribution is 2.28. The van der Waals surface area contributed by atoms with Crippen molar-refractivity contribution in [2.24, 2.45) is 0 Å². The van der Waals surface area contributed by atoms with Crippen molar-refractivity contribution in [1.29, 1.82) is 0 Å². The summed E-state index contributed by atoms with van der Waals surface area (Å²) in [4.78, 5) is 59.7. The Morgan fingerprint density at radius 3 is 2.13 bits per heavy atom. The molecule has 5 atom stereocenters. The van der Waals surface area contributed by atoms with E-state index in [0.717, 1.165) is 33.3 Å². The minimum atomic E-state index is -1.44. The van der Waals surface area contributed by atoms with E-state index in [1.54, 1.807) is 18.2 Å². The van der Waals surface area contributed by atoms with Crippen LogP contribution in [0.25, 0.3) is 0 Å². The first-order valence-electron chi connectivity index (χ1n) is 11.9. The number of amides is 1. The highest BCUT2D eigenvalue weighted by Gasteiger charge is 2.52. The molecule has 1 fully saturated rings. The van der Waals surface area contributed by atoms with Gasteiger partial charge in [0.05, 0.1) is 6.61 Å². The third kappa shape index (κ3) is 9.82. The smallest absolute Gasteiger partial charge is 0.305 e. The predicted molar refractivity (Wildman–Crippen MR) is 131 cm³/mol. The number of hydrogen-bond acceptors (Lipinski definition) is 11. The van der Waals surface area contributed by atoms with Gasteiger partial charge in [0, 0.05) is 39.1 Å². The lowest BCUT2D eigenvalue weighted by Gasteiger charge is -2.44. The first-order valence-corrected chi connectivity index (χ1v) is 12.2. The Labute approximate surface area is 225 Å². The van der Waals surface area contributed by atoms with Crippen LogP contribution in [0, 0.1) is 6.92 Å². The molecular weight excluding hydrogens is 526 g/mol. The molecule has 1 aromatic rings. The van der Waals surface area contributed by atoms with E-state index in [1.165, 1.54) is 0 Å². The fraction of sp³-hybridized carbons (Fsp3) is 0.560. The fourth-order valence-electron chi connectivity index (χ4n) is 3.77. The monoisotopic (exact) mass is 557 g/mol. The molecule has 1 aliphatic heterocycles. The zero-order valence-electron chi connectivity index (χ0n) is 21.8. The molecule has 0 unspecified atom stereocenters. The number of benzene rings is 1. The van der Waals surface area contributed by atoms with E-state index >= 15 is 0 Å². The fourth-order valence-corrected chi connectivity index (χ4v) is 3.99. The Hall–Kier alpha value is -3.38. The predicted octanol–water partition coefficient (Wildman–Crippen LogP) is 2.01. The first kappa shape index (κ1) is 30.8. The minimum Gasteiger partial charge on any atom is -0.493 e. The van der Waals surface area contributed by atoms with Crippen LogP contribution in [0.4, 0.5) is 0 Å². The average Bonchev–Trinajstić information content (AvgIpc) is 2.79. The van der Waals surface area contributed by atoms with Crippen LogP contribution in [-0.4, -0.2) is 73.6 Å². The number of hydrogen-bond donors (Lipinski definition) is 1. The standard InChI is InChI=1S/C25H32ClNO11/c1-13-11-18(26)8-9-19(13)33-10-6-7-21(32)27-22-24(36-16(4)30)23(35-15(3)29)20(12-34-14(2)28)38-25(22)37-17(5)31/h8-9,11,20,22-25H,6-7,10,12H2,1-5H3,(H,27,32)/t20-,22+,23+,24-,25-/m0/s1. The summed E-state index contributed by atoms with van der Waals surface area (Å²) in [6.07, 6.45) is -4.91. The van der Waals surface area contributed by atoms with Crippen LogP contribution < -0.4 is 10.1 Å². The molecule has 0 spiro atoms. The highest BCUT2D eigenvalue weighted by atomic mass is 35.5. The molecule has 1 amide bonds. The first-order chi connectivity index (χ1) is 17.9. The zero-order valence-corrected chi connectivity index (χ0v) is 22.6. The molecule has 0 bridgehead atoms. The molecule has 1 heterocycles. The van der Waals surface area contributed by atoms with E-state index < -0.39 is 67.0 Å². The molecule has 0 aliphatic carbocycles. The normalized spacial score (nSPS) is 22.5. The molecule has 2 rings (SSSR count). The number of rotatable bonds is 11. The van der Waals surface area contributed by atoms with Crippen molar-refractivity contribution in [2.45, 2.75) is 78.1 Å². The lowest BCUT2D eigenvalue weighted by Crippen LogP contribution is -2.67. The van der Waals surface area contributed by atoms with Gasteiger partial charge in [0.15, 0.2) is 12.2 Å². The quantitative estimate of drug-likeness (QED) is 0.241. The van der Waals surface area contributed by atoms with Crippen molar-refractivity contribution in [3.63, 3.8) is 0 Å². The Morgan fingerprint density at radius 1 is 0.921 bits per heavy atom. The number of halogens is 1. The van der Waals surface area contributed by atoms with Crippen LogP contribution in [-0.2, 0) is 47.7 Å². The van der Waals surface area contributed by atoms with Crippen molar-refractivity contribution < 1.29 is 52.4 Å². The van der Waals surface area contributed by atoms with Gasteiger partial charge in [-0.05, 0) is 37.1 Å². The summed E-state index contributed by atoms with van der Waals surface area (Å²) in [6.45, 7) is 6.20. The second-order valence-electron chi connectivity index (χ2n) is 8.56. The Bertz CT molecular complexity index is 1030. The second-order valence-corrected chi connectivity index (χ2v) is 8.99. The Balaban J connectivity index is 2.17. The van der Waals surface area contributed by atoms with Gasteiger partial charge in [0.2, 0.25) is 12.2 Å². The number of esters is 4. The maximum absolute atomic E-state index is 12.8. The molecule has 210 valence electrons. The van der Waals surface area contributed by atoms with E-state index in [4.69, 9.17) is 40.0 Å². The number of nitrogens with one attached hydrogen (secondary N) is 1. The van der Waals surface area contributed by atoms with Crippen LogP contribution in [0.2, 0.25) is 5.02 Å². The number of carbonyl (C=O) groups excluding carboxylic acids is 5. The van der Waals surface area contributed by atoms with Gasteiger partial charge in [0.1, 0.15) is 24.5 Å². The summed E-state index contributed by atoms with van der Waals surface area (Å²) in [7, 11) is 0. The molecule has 12 nitrogen and oxygen atoms in total. The summed E-state index contributed by atoms with van der Waals surface area (Å²) >= 11 is 5.95. The molecule has 0 aromatic heterocycles. The van der Waals surface area contributed by atoms with Crippen LogP contribution >= 0.6 is 11.6 Å². The zero-order chi connectivity index (χ0) is 28.4. The molecule has 0 radical (unpaired) electrons. The van der Waals surface area contributed by atoms with E-state index in [9.17, 15) is 24.0 Å². The largest absolute Gasteiger partial charge is 0.493 e. The lowest BCUT2D eigenvalue weighted by atomic mass is 9.95. The van der Waals surface area contributed by atoms with Gasteiger partial charge in [-0.15, -0.1) is 0 Å². The Kier molecular flexibility index (Phi) is 11.8. The average molecular weight is 558 g/mol. The van der Waals surface area contributed by atoms with Crippen molar-refractivity contribution >= 4 is 41.4 Å². The summed E-state index contributed by atoms with van der Waals surface area (Å²) in [5, 5.41) is 3.22. The van der Waals surface area contributed by atoms with Crippen LogP contribution in [0.15, 0.2) is 18.2 Å². The van der Waals surface area contributed by atoms with Gasteiger partial charge >= 0.3 is 23.9 Å². The van der Waals surface area contributed by atoms with Gasteiger partial charge in [-0.2, -0.15) is 0 Å². The maximum Gasteiger partial charge on any atom is 0.305 e. The van der Waals surface area contributed by atoms with E-state index in [-0.39, 0.29) is 13.0 Å². The molecule has 1 aromatic carbocycles. The van der Waals surface area contributed by atoms with E-state index in [0.29, 0.717) is 17.2 Å². The van der Waals surface area contributed by atoms with Crippen molar-refractivity contribution in [3.8, 4) is 5.75 Å². The number of aryl methyl sites for hydroxylation is 1. The Morgan fingerprint density at radius 2 is 1.55 bits per heavy atom. The van der Waals surface area contributed by atoms with E-state index in [2.05, 4.69) is 5.32 Å². The van der Waals surface area contributed by atoms with Crippen LogP contribution in [0.1, 0.15) is 46.1 Å². The maximum atomic E-state index is 12.8. The minimum absolute atomic E-state index is 0.00215. The topological polar surface area (TPSA) is 153 Å². The van der Waals surface area contributed by atoms with Gasteiger partial charge in [-0.1, -0.05) is 11.6 Å². The summed E-state index contributed by atoms with van der Waals surface area (Å²) in [6, 6.07) is 3.93. The molecule has 0 saturated carbocycles. The molecule has 38 heavy (non-hydrogen) atoms. The van der Waals surface area contributed by atoms with Crippen LogP contribution in [0.5, 0.6) is 5.75 Å². The van der Waals surface area contributed by atoms with Gasteiger partial charge in [-0.25, -0.2) is 0 Å².